The molecule has 0 saturated carbocycles. The molecule has 128 valence electrons. The van der Waals surface area contributed by atoms with Crippen molar-refractivity contribution in [1.82, 2.24) is 5.32 Å². The second kappa shape index (κ2) is 8.29. The van der Waals surface area contributed by atoms with Crippen molar-refractivity contribution in [2.24, 2.45) is 0 Å². The third kappa shape index (κ3) is 4.94. The van der Waals surface area contributed by atoms with Gasteiger partial charge < -0.3 is 15.4 Å². The van der Waals surface area contributed by atoms with Crippen molar-refractivity contribution in [3.8, 4) is 5.75 Å². The van der Waals surface area contributed by atoms with Crippen LogP contribution >= 0.6 is 0 Å². The molecule has 0 saturated heterocycles. The van der Waals surface area contributed by atoms with Gasteiger partial charge in [-0.1, -0.05) is 50.2 Å². The van der Waals surface area contributed by atoms with Gasteiger partial charge in [-0.15, -0.1) is 0 Å². The number of urea groups is 1. The Balaban J connectivity index is 2.00. The minimum atomic E-state index is -2.90. The summed E-state index contributed by atoms with van der Waals surface area (Å²) < 4.78 is 29.2. The van der Waals surface area contributed by atoms with Crippen LogP contribution in [0.15, 0.2) is 48.5 Å². The van der Waals surface area contributed by atoms with Gasteiger partial charge in [-0.25, -0.2) is 4.79 Å². The molecule has 0 aliphatic heterocycles. The Morgan fingerprint density at radius 2 is 1.75 bits per heavy atom. The summed E-state index contributed by atoms with van der Waals surface area (Å²) in [5.41, 5.74) is 2.22. The number of carbonyl (C=O) groups is 1. The number of carbonyl (C=O) groups excluding carboxylic acids is 1. The average Bonchev–Trinajstić information content (AvgIpc) is 2.54. The van der Waals surface area contributed by atoms with Gasteiger partial charge in [0.25, 0.3) is 0 Å². The molecule has 2 amide bonds. The molecule has 0 aliphatic carbocycles. The van der Waals surface area contributed by atoms with Gasteiger partial charge in [-0.05, 0) is 23.6 Å². The van der Waals surface area contributed by atoms with Crippen molar-refractivity contribution >= 4 is 11.7 Å². The van der Waals surface area contributed by atoms with Gasteiger partial charge in [-0.3, -0.25) is 0 Å². The fourth-order valence-electron chi connectivity index (χ4n) is 2.32. The quantitative estimate of drug-likeness (QED) is 0.802. The maximum atomic E-state index is 12.4. The summed E-state index contributed by atoms with van der Waals surface area (Å²) >= 11 is 0. The van der Waals surface area contributed by atoms with Gasteiger partial charge in [0.05, 0.1) is 0 Å². The number of hydrogen-bond acceptors (Lipinski definition) is 2. The van der Waals surface area contributed by atoms with E-state index in [-0.39, 0.29) is 18.2 Å². The van der Waals surface area contributed by atoms with Gasteiger partial charge in [-0.2, -0.15) is 8.78 Å². The number of halogens is 2. The Morgan fingerprint density at radius 3 is 2.46 bits per heavy atom. The Bertz CT molecular complexity index is 690. The molecule has 0 atom stereocenters. The van der Waals surface area contributed by atoms with Gasteiger partial charge in [0.15, 0.2) is 0 Å². The lowest BCUT2D eigenvalue weighted by atomic mass is 10.0. The summed E-state index contributed by atoms with van der Waals surface area (Å²) in [4.78, 5) is 12.1. The zero-order valence-corrected chi connectivity index (χ0v) is 13.6. The number of alkyl halides is 2. The molecule has 2 rings (SSSR count). The van der Waals surface area contributed by atoms with E-state index in [1.165, 1.54) is 6.07 Å². The average molecular weight is 334 g/mol. The zero-order chi connectivity index (χ0) is 17.5. The van der Waals surface area contributed by atoms with Crippen LogP contribution in [0.4, 0.5) is 19.3 Å². The summed E-state index contributed by atoms with van der Waals surface area (Å²) in [5.74, 6) is 0.317. The van der Waals surface area contributed by atoms with Crippen LogP contribution in [-0.4, -0.2) is 12.6 Å². The van der Waals surface area contributed by atoms with Crippen molar-refractivity contribution in [1.29, 1.82) is 0 Å². The van der Waals surface area contributed by atoms with Crippen molar-refractivity contribution in [3.63, 3.8) is 0 Å². The SMILES string of the molecule is CC(C)c1ccccc1NC(=O)NCc1ccccc1OC(F)F. The molecule has 0 aromatic heterocycles. The number of nitrogens with one attached hydrogen (secondary N) is 2. The van der Waals surface area contributed by atoms with Crippen LogP contribution in [0.2, 0.25) is 0 Å². The Kier molecular flexibility index (Phi) is 6.12. The molecule has 2 aromatic carbocycles. The smallest absolute Gasteiger partial charge is 0.387 e. The van der Waals surface area contributed by atoms with Crippen LogP contribution in [-0.2, 0) is 6.54 Å². The lowest BCUT2D eigenvalue weighted by Crippen LogP contribution is -2.29. The van der Waals surface area contributed by atoms with E-state index in [2.05, 4.69) is 15.4 Å². The summed E-state index contributed by atoms with van der Waals surface area (Å²) in [6.45, 7) is 1.25. The minimum Gasteiger partial charge on any atom is -0.434 e. The van der Waals surface area contributed by atoms with Crippen molar-refractivity contribution < 1.29 is 18.3 Å². The Hall–Kier alpha value is -2.63. The normalized spacial score (nSPS) is 10.8. The van der Waals surface area contributed by atoms with E-state index in [4.69, 9.17) is 0 Å². The van der Waals surface area contributed by atoms with Crippen molar-refractivity contribution in [2.45, 2.75) is 32.9 Å². The number of benzene rings is 2. The predicted molar refractivity (Wildman–Crippen MR) is 89.5 cm³/mol. The summed E-state index contributed by atoms with van der Waals surface area (Å²) in [5, 5.41) is 5.44. The molecule has 0 radical (unpaired) electrons. The van der Waals surface area contributed by atoms with E-state index in [1.54, 1.807) is 18.2 Å². The highest BCUT2D eigenvalue weighted by Gasteiger charge is 2.11. The molecule has 24 heavy (non-hydrogen) atoms. The van der Waals surface area contributed by atoms with E-state index >= 15 is 0 Å². The number of anilines is 1. The largest absolute Gasteiger partial charge is 0.434 e. The highest BCUT2D eigenvalue weighted by Crippen LogP contribution is 2.24. The van der Waals surface area contributed by atoms with Gasteiger partial charge in [0, 0.05) is 17.8 Å². The fraction of sp³-hybridized carbons (Fsp3) is 0.278. The zero-order valence-electron chi connectivity index (χ0n) is 13.6. The first-order chi connectivity index (χ1) is 11.5. The van der Waals surface area contributed by atoms with Crippen molar-refractivity contribution in [2.75, 3.05) is 5.32 Å². The van der Waals surface area contributed by atoms with E-state index in [0.29, 0.717) is 5.56 Å². The number of para-hydroxylation sites is 2. The van der Waals surface area contributed by atoms with Crippen LogP contribution in [0.25, 0.3) is 0 Å². The highest BCUT2D eigenvalue weighted by atomic mass is 19.3. The molecule has 6 heteroatoms. The standard InChI is InChI=1S/C18H20F2N2O2/c1-12(2)14-8-4-5-9-15(14)22-18(23)21-11-13-7-3-6-10-16(13)24-17(19)20/h3-10,12,17H,11H2,1-2H3,(H2,21,22,23). The van der Waals surface area contributed by atoms with E-state index < -0.39 is 12.6 Å². The molecule has 4 nitrogen and oxygen atoms in total. The first kappa shape index (κ1) is 17.7. The van der Waals surface area contributed by atoms with E-state index in [9.17, 15) is 13.6 Å². The lowest BCUT2D eigenvalue weighted by Gasteiger charge is -2.15. The molecule has 0 unspecified atom stereocenters. The van der Waals surface area contributed by atoms with Gasteiger partial charge >= 0.3 is 12.6 Å². The molecule has 0 fully saturated rings. The topological polar surface area (TPSA) is 50.4 Å². The first-order valence-corrected chi connectivity index (χ1v) is 7.64. The monoisotopic (exact) mass is 334 g/mol. The number of hydrogen-bond donors (Lipinski definition) is 2. The predicted octanol–water partition coefficient (Wildman–Crippen LogP) is 4.73. The third-order valence-corrected chi connectivity index (χ3v) is 3.46. The Labute approximate surface area is 139 Å². The third-order valence-electron chi connectivity index (χ3n) is 3.46. The van der Waals surface area contributed by atoms with Crippen LogP contribution in [0, 0.1) is 0 Å². The first-order valence-electron chi connectivity index (χ1n) is 7.64. The molecule has 2 N–H and O–H groups in total. The second-order valence-corrected chi connectivity index (χ2v) is 5.54. The van der Waals surface area contributed by atoms with Crippen LogP contribution in [0.5, 0.6) is 5.75 Å². The molecule has 0 heterocycles. The number of rotatable bonds is 6. The molecule has 0 bridgehead atoms. The fourth-order valence-corrected chi connectivity index (χ4v) is 2.32. The molecule has 0 aliphatic rings. The van der Waals surface area contributed by atoms with Crippen LogP contribution in [0.1, 0.15) is 30.9 Å². The van der Waals surface area contributed by atoms with E-state index in [1.807, 2.05) is 38.1 Å². The minimum absolute atomic E-state index is 0.0513. The summed E-state index contributed by atoms with van der Waals surface area (Å²) in [6.07, 6.45) is 0. The number of amides is 2. The molecular formula is C18H20F2N2O2. The summed E-state index contributed by atoms with van der Waals surface area (Å²) in [6, 6.07) is 13.5. The van der Waals surface area contributed by atoms with Gasteiger partial charge in [0.1, 0.15) is 5.75 Å². The maximum absolute atomic E-state index is 12.4. The summed E-state index contributed by atoms with van der Waals surface area (Å²) in [7, 11) is 0. The second-order valence-electron chi connectivity index (χ2n) is 5.54. The van der Waals surface area contributed by atoms with Gasteiger partial charge in [0.2, 0.25) is 0 Å². The molecule has 0 spiro atoms. The highest BCUT2D eigenvalue weighted by molar-refractivity contribution is 5.90. The lowest BCUT2D eigenvalue weighted by molar-refractivity contribution is -0.0504. The number of ether oxygens (including phenoxy) is 1. The Morgan fingerprint density at radius 1 is 1.08 bits per heavy atom. The van der Waals surface area contributed by atoms with Crippen LogP contribution < -0.4 is 15.4 Å². The van der Waals surface area contributed by atoms with Crippen molar-refractivity contribution in [3.05, 3.63) is 59.7 Å². The molecule has 2 aromatic rings. The maximum Gasteiger partial charge on any atom is 0.387 e. The molecular weight excluding hydrogens is 314 g/mol. The van der Waals surface area contributed by atoms with E-state index in [0.717, 1.165) is 11.3 Å². The van der Waals surface area contributed by atoms with Crippen LogP contribution in [0.3, 0.4) is 0 Å².